The molecule has 0 aliphatic heterocycles. The maximum atomic E-state index is 8.87. The highest BCUT2D eigenvalue weighted by atomic mass is 14.5. The van der Waals surface area contributed by atoms with Gasteiger partial charge in [0, 0.05) is 11.6 Å². The highest BCUT2D eigenvalue weighted by molar-refractivity contribution is 5.88. The fraction of sp³-hybridized carbons (Fsp3) is 0.762. The molecule has 4 unspecified atom stereocenters. The highest BCUT2D eigenvalue weighted by Crippen LogP contribution is 2.35. The van der Waals surface area contributed by atoms with E-state index in [0.29, 0.717) is 29.6 Å². The maximum absolute atomic E-state index is 8.87. The van der Waals surface area contributed by atoms with Gasteiger partial charge in [-0.3, -0.25) is 0 Å². The van der Waals surface area contributed by atoms with Crippen molar-refractivity contribution in [1.82, 2.24) is 0 Å². The van der Waals surface area contributed by atoms with Crippen molar-refractivity contribution >= 4 is 5.71 Å². The van der Waals surface area contributed by atoms with Crippen molar-refractivity contribution in [3.63, 3.8) is 0 Å². The topological polar surface area (TPSA) is 23.9 Å². The van der Waals surface area contributed by atoms with E-state index in [1.807, 2.05) is 0 Å². The molecule has 0 saturated carbocycles. The Morgan fingerprint density at radius 3 is 2.50 bits per heavy atom. The van der Waals surface area contributed by atoms with Crippen LogP contribution >= 0.6 is 0 Å². The summed E-state index contributed by atoms with van der Waals surface area (Å²) in [6.07, 6.45) is 12.8. The lowest BCUT2D eigenvalue weighted by Gasteiger charge is -2.33. The summed E-state index contributed by atoms with van der Waals surface area (Å²) >= 11 is 0. The van der Waals surface area contributed by atoms with E-state index in [1.54, 1.807) is 0 Å². The second kappa shape index (κ2) is 9.33. The van der Waals surface area contributed by atoms with Crippen LogP contribution in [0.3, 0.4) is 0 Å². The van der Waals surface area contributed by atoms with Crippen molar-refractivity contribution in [2.45, 2.75) is 73.6 Å². The molecule has 0 aromatic carbocycles. The first-order chi connectivity index (χ1) is 10.4. The predicted molar refractivity (Wildman–Crippen MR) is 99.5 cm³/mol. The van der Waals surface area contributed by atoms with Crippen LogP contribution < -0.4 is 0 Å². The number of allylic oxidation sites excluding steroid dienone is 4. The third kappa shape index (κ3) is 5.11. The van der Waals surface area contributed by atoms with Crippen molar-refractivity contribution < 1.29 is 0 Å². The zero-order valence-electron chi connectivity index (χ0n) is 15.7. The molecule has 0 aromatic rings. The van der Waals surface area contributed by atoms with Crippen LogP contribution in [0.4, 0.5) is 0 Å². The van der Waals surface area contributed by atoms with E-state index in [9.17, 15) is 0 Å². The Labute approximate surface area is 138 Å². The molecule has 0 radical (unpaired) electrons. The summed E-state index contributed by atoms with van der Waals surface area (Å²) in [5.41, 5.74) is 2.47. The zero-order valence-corrected chi connectivity index (χ0v) is 15.7. The lowest BCUT2D eigenvalue weighted by molar-refractivity contribution is 0.407. The van der Waals surface area contributed by atoms with Gasteiger partial charge in [0.2, 0.25) is 0 Å². The van der Waals surface area contributed by atoms with Gasteiger partial charge in [-0.2, -0.15) is 0 Å². The second-order valence-electron chi connectivity index (χ2n) is 7.62. The Morgan fingerprint density at radius 1 is 1.23 bits per heavy atom. The number of hydrogen-bond acceptors (Lipinski definition) is 1. The molecule has 126 valence electrons. The first kappa shape index (κ1) is 19.2. The summed E-state index contributed by atoms with van der Waals surface area (Å²) in [5, 5.41) is 8.87. The fourth-order valence-electron chi connectivity index (χ4n) is 3.52. The van der Waals surface area contributed by atoms with Crippen molar-refractivity contribution in [3.8, 4) is 0 Å². The third-order valence-electron chi connectivity index (χ3n) is 5.68. The summed E-state index contributed by atoms with van der Waals surface area (Å²) in [6.45, 7) is 13.8. The Balaban J connectivity index is 3.01. The van der Waals surface area contributed by atoms with E-state index >= 15 is 0 Å². The van der Waals surface area contributed by atoms with Crippen LogP contribution in [0.25, 0.3) is 0 Å². The third-order valence-corrected chi connectivity index (χ3v) is 5.68. The molecule has 0 spiro atoms. The maximum Gasteiger partial charge on any atom is 0.0191 e. The molecule has 22 heavy (non-hydrogen) atoms. The van der Waals surface area contributed by atoms with E-state index < -0.39 is 0 Å². The van der Waals surface area contributed by atoms with Gasteiger partial charge in [0.15, 0.2) is 0 Å². The molecular formula is C21H37N. The van der Waals surface area contributed by atoms with Crippen molar-refractivity contribution in [3.05, 3.63) is 23.8 Å². The van der Waals surface area contributed by atoms with Gasteiger partial charge in [-0.05, 0) is 42.9 Å². The van der Waals surface area contributed by atoms with E-state index in [4.69, 9.17) is 5.41 Å². The molecule has 0 aromatic heterocycles. The van der Waals surface area contributed by atoms with Crippen LogP contribution in [0.15, 0.2) is 23.8 Å². The van der Waals surface area contributed by atoms with Crippen LogP contribution in [0.1, 0.15) is 73.6 Å². The van der Waals surface area contributed by atoms with Gasteiger partial charge >= 0.3 is 0 Å². The minimum atomic E-state index is 0.358. The van der Waals surface area contributed by atoms with Crippen molar-refractivity contribution in [2.75, 3.05) is 0 Å². The molecule has 1 aliphatic rings. The van der Waals surface area contributed by atoms with Crippen LogP contribution in [-0.2, 0) is 0 Å². The average Bonchev–Trinajstić information content (AvgIpc) is 2.45. The van der Waals surface area contributed by atoms with Gasteiger partial charge < -0.3 is 5.41 Å². The first-order valence-corrected chi connectivity index (χ1v) is 9.35. The number of rotatable bonds is 7. The Kier molecular flexibility index (Phi) is 8.14. The quantitative estimate of drug-likeness (QED) is 0.509. The van der Waals surface area contributed by atoms with Gasteiger partial charge in [-0.1, -0.05) is 78.2 Å². The SMILES string of the molecule is CCCC(C)C(C)C(=N)C1CCCC=C/C=C\1C(C)C(C)C. The van der Waals surface area contributed by atoms with Crippen molar-refractivity contribution in [1.29, 1.82) is 5.41 Å². The second-order valence-corrected chi connectivity index (χ2v) is 7.62. The molecule has 1 rings (SSSR count). The molecule has 1 heteroatoms. The average molecular weight is 304 g/mol. The Hall–Kier alpha value is -0.850. The molecule has 0 saturated heterocycles. The molecular weight excluding hydrogens is 266 g/mol. The smallest absolute Gasteiger partial charge is 0.0191 e. The molecule has 1 nitrogen and oxygen atoms in total. The number of nitrogens with one attached hydrogen (secondary N) is 1. The normalized spacial score (nSPS) is 25.8. The largest absolute Gasteiger partial charge is 0.309 e. The lowest BCUT2D eigenvalue weighted by Crippen LogP contribution is -2.30. The summed E-state index contributed by atoms with van der Waals surface area (Å²) in [6, 6.07) is 0. The molecule has 0 amide bonds. The summed E-state index contributed by atoms with van der Waals surface area (Å²) in [7, 11) is 0. The van der Waals surface area contributed by atoms with E-state index in [2.05, 4.69) is 59.8 Å². The van der Waals surface area contributed by atoms with Gasteiger partial charge in [-0.25, -0.2) is 0 Å². The van der Waals surface area contributed by atoms with Crippen LogP contribution in [0, 0.1) is 35.0 Å². The monoisotopic (exact) mass is 303 g/mol. The van der Waals surface area contributed by atoms with Crippen LogP contribution in [-0.4, -0.2) is 5.71 Å². The van der Waals surface area contributed by atoms with E-state index in [0.717, 1.165) is 18.6 Å². The molecule has 4 atom stereocenters. The van der Waals surface area contributed by atoms with Crippen LogP contribution in [0.2, 0.25) is 0 Å². The molecule has 0 heterocycles. The fourth-order valence-corrected chi connectivity index (χ4v) is 3.52. The van der Waals surface area contributed by atoms with E-state index in [-0.39, 0.29) is 0 Å². The Morgan fingerprint density at radius 2 is 1.91 bits per heavy atom. The van der Waals surface area contributed by atoms with Gasteiger partial charge in [0.05, 0.1) is 0 Å². The highest BCUT2D eigenvalue weighted by Gasteiger charge is 2.29. The zero-order chi connectivity index (χ0) is 16.7. The lowest BCUT2D eigenvalue weighted by atomic mass is 9.72. The summed E-state index contributed by atoms with van der Waals surface area (Å²) < 4.78 is 0. The first-order valence-electron chi connectivity index (χ1n) is 9.35. The van der Waals surface area contributed by atoms with Gasteiger partial charge in [0.25, 0.3) is 0 Å². The van der Waals surface area contributed by atoms with Crippen LogP contribution in [0.5, 0.6) is 0 Å². The Bertz CT molecular complexity index is 402. The van der Waals surface area contributed by atoms with Crippen molar-refractivity contribution in [2.24, 2.45) is 29.6 Å². The number of hydrogen-bond donors (Lipinski definition) is 1. The minimum absolute atomic E-state index is 0.358. The molecule has 1 aliphatic carbocycles. The minimum Gasteiger partial charge on any atom is -0.309 e. The molecule has 0 bridgehead atoms. The van der Waals surface area contributed by atoms with E-state index in [1.165, 1.54) is 24.8 Å². The van der Waals surface area contributed by atoms with Gasteiger partial charge in [-0.15, -0.1) is 0 Å². The molecule has 1 N–H and O–H groups in total. The summed E-state index contributed by atoms with van der Waals surface area (Å²) in [5.74, 6) is 2.57. The summed E-state index contributed by atoms with van der Waals surface area (Å²) in [4.78, 5) is 0. The van der Waals surface area contributed by atoms with Gasteiger partial charge in [0.1, 0.15) is 0 Å². The molecule has 0 fully saturated rings. The standard InChI is InChI=1S/C21H37N/c1-7-12-16(4)18(6)21(22)20-14-11-9-8-10-13-19(20)17(5)15(2)3/h8,10,13,15-18,20,22H,7,9,11-12,14H2,1-6H3/b10-8?,19-13-,22-21?. The predicted octanol–water partition coefficient (Wildman–Crippen LogP) is 6.65.